The van der Waals surface area contributed by atoms with E-state index >= 15 is 0 Å². The molecule has 0 aliphatic carbocycles. The van der Waals surface area contributed by atoms with Gasteiger partial charge in [-0.15, -0.1) is 0 Å². The molecule has 0 aliphatic rings. The van der Waals surface area contributed by atoms with Crippen LogP contribution in [0.1, 0.15) is 0 Å². The zero-order valence-corrected chi connectivity index (χ0v) is 29.3. The van der Waals surface area contributed by atoms with Gasteiger partial charge in [0.1, 0.15) is 0 Å². The summed E-state index contributed by atoms with van der Waals surface area (Å²) >= 11 is 0. The van der Waals surface area contributed by atoms with Crippen LogP contribution in [0.2, 0.25) is 0 Å². The zero-order chi connectivity index (χ0) is 36.1. The minimum atomic E-state index is 0.787. The van der Waals surface area contributed by atoms with Crippen molar-refractivity contribution in [1.82, 2.24) is 24.9 Å². The van der Waals surface area contributed by atoms with Crippen LogP contribution in [-0.2, 0) is 0 Å². The van der Waals surface area contributed by atoms with Crippen molar-refractivity contribution in [1.29, 1.82) is 0 Å². The van der Waals surface area contributed by atoms with E-state index in [2.05, 4.69) is 119 Å². The first-order valence-corrected chi connectivity index (χ1v) is 17.9. The van der Waals surface area contributed by atoms with Crippen LogP contribution in [0.4, 0.5) is 0 Å². The van der Waals surface area contributed by atoms with Crippen molar-refractivity contribution >= 4 is 0 Å². The van der Waals surface area contributed by atoms with Crippen molar-refractivity contribution < 1.29 is 0 Å². The average Bonchev–Trinajstić information content (AvgIpc) is 3.27. The first-order chi connectivity index (χ1) is 26.8. The minimum Gasteiger partial charge on any atom is -0.255 e. The molecular weight excluding hydrogens is 659 g/mol. The van der Waals surface area contributed by atoms with Gasteiger partial charge in [-0.2, -0.15) is 0 Å². The lowest BCUT2D eigenvalue weighted by molar-refractivity contribution is 1.21. The Balaban J connectivity index is 1.18. The minimum absolute atomic E-state index is 0.787. The molecule has 5 aromatic carbocycles. The maximum atomic E-state index is 5.47. The molecule has 9 rings (SSSR count). The Kier molecular flexibility index (Phi) is 8.86. The van der Waals surface area contributed by atoms with E-state index in [1.807, 2.05) is 78.9 Å². The van der Waals surface area contributed by atoms with Crippen molar-refractivity contribution in [2.75, 3.05) is 0 Å². The van der Waals surface area contributed by atoms with E-state index in [1.54, 1.807) is 12.4 Å². The highest BCUT2D eigenvalue weighted by molar-refractivity contribution is 5.87. The third kappa shape index (κ3) is 6.70. The van der Waals surface area contributed by atoms with Crippen molar-refractivity contribution in [3.05, 3.63) is 200 Å². The smallest absolute Gasteiger partial charge is 0.0973 e. The van der Waals surface area contributed by atoms with E-state index in [4.69, 9.17) is 15.0 Å². The largest absolute Gasteiger partial charge is 0.255 e. The van der Waals surface area contributed by atoms with Crippen LogP contribution >= 0.6 is 0 Å². The normalized spacial score (nSPS) is 11.0. The lowest BCUT2D eigenvalue weighted by Gasteiger charge is -2.16. The fraction of sp³-hybridized carbons (Fsp3) is 0. The van der Waals surface area contributed by atoms with Crippen LogP contribution in [0.5, 0.6) is 0 Å². The summed E-state index contributed by atoms with van der Waals surface area (Å²) in [5, 5.41) is 0. The molecule has 0 amide bonds. The maximum absolute atomic E-state index is 5.47. The van der Waals surface area contributed by atoms with Gasteiger partial charge >= 0.3 is 0 Å². The Hall–Kier alpha value is -7.37. The van der Waals surface area contributed by atoms with Gasteiger partial charge in [0.25, 0.3) is 0 Å². The summed E-state index contributed by atoms with van der Waals surface area (Å²) < 4.78 is 0. The molecule has 4 aromatic heterocycles. The molecule has 5 heteroatoms. The van der Waals surface area contributed by atoms with Crippen molar-refractivity contribution in [3.63, 3.8) is 0 Å². The molecule has 9 aromatic rings. The zero-order valence-electron chi connectivity index (χ0n) is 29.3. The van der Waals surface area contributed by atoms with E-state index in [0.717, 1.165) is 84.5 Å². The molecule has 0 bridgehead atoms. The van der Waals surface area contributed by atoms with Gasteiger partial charge in [-0.3, -0.25) is 9.97 Å². The Morgan fingerprint density at radius 1 is 0.222 bits per heavy atom. The molecule has 0 spiro atoms. The number of pyridine rings is 3. The van der Waals surface area contributed by atoms with Crippen molar-refractivity contribution in [3.8, 4) is 90.1 Å². The number of nitrogens with zero attached hydrogens (tertiary/aromatic N) is 5. The van der Waals surface area contributed by atoms with Gasteiger partial charge < -0.3 is 0 Å². The summed E-state index contributed by atoms with van der Waals surface area (Å²) in [6.45, 7) is 0. The van der Waals surface area contributed by atoms with E-state index in [-0.39, 0.29) is 0 Å². The van der Waals surface area contributed by atoms with E-state index in [9.17, 15) is 0 Å². The van der Waals surface area contributed by atoms with Gasteiger partial charge in [-0.25, -0.2) is 15.0 Å². The topological polar surface area (TPSA) is 64.5 Å². The van der Waals surface area contributed by atoms with Gasteiger partial charge in [-0.05, 0) is 58.7 Å². The molecule has 0 saturated heterocycles. The van der Waals surface area contributed by atoms with Gasteiger partial charge in [0.2, 0.25) is 0 Å². The summed E-state index contributed by atoms with van der Waals surface area (Å²) in [5.41, 5.74) is 14.9. The van der Waals surface area contributed by atoms with Gasteiger partial charge in [0, 0.05) is 34.6 Å². The Morgan fingerprint density at radius 2 is 0.537 bits per heavy atom. The van der Waals surface area contributed by atoms with Crippen molar-refractivity contribution in [2.45, 2.75) is 0 Å². The second-order valence-corrected chi connectivity index (χ2v) is 12.9. The lowest BCUT2D eigenvalue weighted by atomic mass is 9.96. The van der Waals surface area contributed by atoms with E-state index in [1.165, 1.54) is 5.56 Å². The van der Waals surface area contributed by atoms with Crippen molar-refractivity contribution in [2.24, 2.45) is 0 Å². The average molecular weight is 692 g/mol. The SMILES string of the molecule is c1ccc(-c2ccc(-c3nc(-c4ccccc4)c(-c4ccc(-c5cc(-c6ccccn6)nc(-c6ccccn6)c5)cc4)nc3-c3ccccc3)cc2)cc1. The predicted molar refractivity (Wildman–Crippen MR) is 219 cm³/mol. The molecule has 5 nitrogen and oxygen atoms in total. The quantitative estimate of drug-likeness (QED) is 0.159. The van der Waals surface area contributed by atoms with Crippen LogP contribution < -0.4 is 0 Å². The van der Waals surface area contributed by atoms with E-state index < -0.39 is 0 Å². The molecule has 4 heterocycles. The standard InChI is InChI=1S/C49H33N5/c1-4-14-34(15-5-1)35-22-26-39(27-23-35)48-46(37-16-6-2-7-17-37)54-49(47(53-48)38-18-8-3-9-19-38)40-28-24-36(25-29-40)41-32-44(42-20-10-12-30-50-42)52-45(33-41)43-21-11-13-31-51-43/h1-33H. The first-order valence-electron chi connectivity index (χ1n) is 17.9. The summed E-state index contributed by atoms with van der Waals surface area (Å²) in [4.78, 5) is 25.1. The molecule has 0 atom stereocenters. The van der Waals surface area contributed by atoms with Crippen LogP contribution in [0, 0.1) is 0 Å². The molecule has 0 radical (unpaired) electrons. The predicted octanol–water partition coefficient (Wildman–Crippen LogP) is 12.0. The van der Waals surface area contributed by atoms with Crippen LogP contribution in [0.15, 0.2) is 200 Å². The number of benzene rings is 5. The summed E-state index contributed by atoms with van der Waals surface area (Å²) in [6, 6.07) is 64.2. The number of hydrogen-bond acceptors (Lipinski definition) is 5. The number of rotatable bonds is 8. The molecule has 0 aliphatic heterocycles. The molecule has 0 fully saturated rings. The van der Waals surface area contributed by atoms with Crippen LogP contribution in [0.25, 0.3) is 90.1 Å². The van der Waals surface area contributed by atoms with Crippen LogP contribution in [0.3, 0.4) is 0 Å². The molecular formula is C49H33N5. The van der Waals surface area contributed by atoms with Gasteiger partial charge in [-0.1, -0.05) is 152 Å². The highest BCUT2D eigenvalue weighted by atomic mass is 14.9. The van der Waals surface area contributed by atoms with Gasteiger partial charge in [0.15, 0.2) is 0 Å². The maximum Gasteiger partial charge on any atom is 0.0973 e. The summed E-state index contributed by atoms with van der Waals surface area (Å²) in [6.07, 6.45) is 3.58. The lowest BCUT2D eigenvalue weighted by Crippen LogP contribution is -2.01. The summed E-state index contributed by atoms with van der Waals surface area (Å²) in [5.74, 6) is 0. The first kappa shape index (κ1) is 32.5. The van der Waals surface area contributed by atoms with E-state index in [0.29, 0.717) is 0 Å². The Morgan fingerprint density at radius 3 is 0.926 bits per heavy atom. The third-order valence-corrected chi connectivity index (χ3v) is 9.43. The Labute approximate surface area is 314 Å². The fourth-order valence-corrected chi connectivity index (χ4v) is 6.69. The third-order valence-electron chi connectivity index (χ3n) is 9.43. The Bertz CT molecular complexity index is 2590. The molecule has 254 valence electrons. The second-order valence-electron chi connectivity index (χ2n) is 12.9. The highest BCUT2D eigenvalue weighted by Gasteiger charge is 2.20. The van der Waals surface area contributed by atoms with Gasteiger partial charge in [0.05, 0.1) is 45.6 Å². The monoisotopic (exact) mass is 691 g/mol. The molecule has 0 unspecified atom stereocenters. The highest BCUT2D eigenvalue weighted by Crippen LogP contribution is 2.38. The summed E-state index contributed by atoms with van der Waals surface area (Å²) in [7, 11) is 0. The second kappa shape index (κ2) is 14.7. The number of hydrogen-bond donors (Lipinski definition) is 0. The fourth-order valence-electron chi connectivity index (χ4n) is 6.69. The van der Waals surface area contributed by atoms with Crippen LogP contribution in [-0.4, -0.2) is 24.9 Å². The molecule has 54 heavy (non-hydrogen) atoms. The number of aromatic nitrogens is 5. The molecule has 0 saturated carbocycles. The molecule has 0 N–H and O–H groups in total.